The van der Waals surface area contributed by atoms with Crippen LogP contribution in [0, 0.1) is 5.92 Å². The molecule has 1 aromatic heterocycles. The fourth-order valence-electron chi connectivity index (χ4n) is 4.82. The van der Waals surface area contributed by atoms with Crippen molar-refractivity contribution < 1.29 is 14.3 Å². The Morgan fingerprint density at radius 1 is 1.18 bits per heavy atom. The average Bonchev–Trinajstić information content (AvgIpc) is 2.82. The van der Waals surface area contributed by atoms with E-state index in [-0.39, 0.29) is 12.0 Å². The van der Waals surface area contributed by atoms with E-state index in [1.54, 1.807) is 9.80 Å². The van der Waals surface area contributed by atoms with Crippen molar-refractivity contribution in [2.45, 2.75) is 32.6 Å². The smallest absolute Gasteiger partial charge is 0.409 e. The van der Waals surface area contributed by atoms with Gasteiger partial charge < -0.3 is 19.4 Å². The van der Waals surface area contributed by atoms with Crippen LogP contribution < -0.4 is 0 Å². The van der Waals surface area contributed by atoms with Crippen molar-refractivity contribution >= 4 is 34.5 Å². The van der Waals surface area contributed by atoms with Gasteiger partial charge in [0.25, 0.3) is 5.91 Å². The first kappa shape index (κ1) is 23.8. The van der Waals surface area contributed by atoms with Crippen LogP contribution in [-0.2, 0) is 17.6 Å². The molecule has 0 N–H and O–H groups in total. The van der Waals surface area contributed by atoms with Gasteiger partial charge in [-0.1, -0.05) is 24.6 Å². The molecule has 0 radical (unpaired) electrons. The Labute approximate surface area is 200 Å². The third-order valence-electron chi connectivity index (χ3n) is 6.51. The van der Waals surface area contributed by atoms with E-state index in [2.05, 4.69) is 19.0 Å². The third-order valence-corrected chi connectivity index (χ3v) is 6.94. The molecular weight excluding hydrogens is 440 g/mol. The molecule has 7 nitrogen and oxygen atoms in total. The molecule has 1 fully saturated rings. The van der Waals surface area contributed by atoms with Crippen LogP contribution in [0.25, 0.3) is 10.9 Å². The monoisotopic (exact) mass is 472 g/mol. The molecule has 2 amide bonds. The highest BCUT2D eigenvalue weighted by molar-refractivity contribution is 6.36. The molecule has 2 aromatic rings. The Bertz CT molecular complexity index is 1030. The average molecular weight is 473 g/mol. The molecule has 0 saturated carbocycles. The van der Waals surface area contributed by atoms with Crippen LogP contribution in [0.4, 0.5) is 4.79 Å². The van der Waals surface area contributed by atoms with Crippen molar-refractivity contribution in [2.24, 2.45) is 5.92 Å². The summed E-state index contributed by atoms with van der Waals surface area (Å²) in [6.45, 7) is 5.37. The molecular formula is C25H33ClN4O3. The van der Waals surface area contributed by atoms with E-state index in [1.807, 2.05) is 25.1 Å². The van der Waals surface area contributed by atoms with Crippen LogP contribution >= 0.6 is 11.6 Å². The second kappa shape index (κ2) is 10.3. The van der Waals surface area contributed by atoms with Crippen molar-refractivity contribution in [1.82, 2.24) is 19.7 Å². The maximum Gasteiger partial charge on any atom is 0.409 e. The second-order valence-electron chi connectivity index (χ2n) is 9.35. The topological polar surface area (TPSA) is 66.0 Å². The molecule has 1 unspecified atom stereocenters. The van der Waals surface area contributed by atoms with E-state index in [9.17, 15) is 9.59 Å². The first-order chi connectivity index (χ1) is 15.9. The van der Waals surface area contributed by atoms with Gasteiger partial charge in [0.2, 0.25) is 0 Å². The quantitative estimate of drug-likeness (QED) is 0.661. The normalized spacial score (nSPS) is 18.5. The summed E-state index contributed by atoms with van der Waals surface area (Å²) in [7, 11) is 4.21. The number of amides is 2. The molecule has 4 rings (SSSR count). The van der Waals surface area contributed by atoms with Gasteiger partial charge in [0.1, 0.15) is 0 Å². The molecule has 1 aromatic carbocycles. The Balaban J connectivity index is 1.47. The minimum absolute atomic E-state index is 0.0415. The molecule has 33 heavy (non-hydrogen) atoms. The van der Waals surface area contributed by atoms with E-state index in [0.29, 0.717) is 44.3 Å². The minimum Gasteiger partial charge on any atom is -0.449 e. The summed E-state index contributed by atoms with van der Waals surface area (Å²) >= 11 is 6.83. The molecule has 1 atom stereocenters. The van der Waals surface area contributed by atoms with Crippen LogP contribution in [0.3, 0.4) is 0 Å². The maximum absolute atomic E-state index is 13.1. The number of hydrogen-bond donors (Lipinski definition) is 0. The summed E-state index contributed by atoms with van der Waals surface area (Å²) < 4.78 is 5.20. The molecule has 178 valence electrons. The van der Waals surface area contributed by atoms with Crippen molar-refractivity contribution in [2.75, 3.05) is 53.4 Å². The summed E-state index contributed by atoms with van der Waals surface area (Å²) in [4.78, 5) is 35.8. The zero-order chi connectivity index (χ0) is 23.5. The van der Waals surface area contributed by atoms with E-state index in [4.69, 9.17) is 21.3 Å². The molecule has 0 bridgehead atoms. The fraction of sp³-hybridized carbons (Fsp3) is 0.560. The van der Waals surface area contributed by atoms with Crippen molar-refractivity contribution in [3.05, 3.63) is 40.0 Å². The predicted octanol–water partition coefficient (Wildman–Crippen LogP) is 3.86. The van der Waals surface area contributed by atoms with Crippen LogP contribution in [0.2, 0.25) is 5.02 Å². The number of pyridine rings is 1. The number of hydrogen-bond acceptors (Lipinski definition) is 5. The molecule has 2 heterocycles. The van der Waals surface area contributed by atoms with E-state index >= 15 is 0 Å². The number of aryl methyl sites for hydroxylation is 1. The van der Waals surface area contributed by atoms with E-state index in [0.717, 1.165) is 59.4 Å². The first-order valence-corrected chi connectivity index (χ1v) is 12.2. The largest absolute Gasteiger partial charge is 0.449 e. The van der Waals surface area contributed by atoms with Crippen LogP contribution in [-0.4, -0.2) is 85.1 Å². The predicted molar refractivity (Wildman–Crippen MR) is 130 cm³/mol. The maximum atomic E-state index is 13.1. The number of aromatic nitrogens is 1. The van der Waals surface area contributed by atoms with Gasteiger partial charge in [-0.25, -0.2) is 4.79 Å². The molecule has 1 aliphatic carbocycles. The SMILES string of the molecule is CCCOC(=O)N1CCN(C(=O)c2ccc3c(Cl)c4c(nc3c2)CCC(CN(C)C)C4)CC1. The molecule has 2 aliphatic rings. The Morgan fingerprint density at radius 2 is 1.91 bits per heavy atom. The fourth-order valence-corrected chi connectivity index (χ4v) is 5.16. The highest BCUT2D eigenvalue weighted by Gasteiger charge is 2.27. The Hall–Kier alpha value is -2.38. The lowest BCUT2D eigenvalue weighted by atomic mass is 9.85. The number of ether oxygens (including phenoxy) is 1. The van der Waals surface area contributed by atoms with E-state index in [1.165, 1.54) is 0 Å². The van der Waals surface area contributed by atoms with Gasteiger partial charge in [0, 0.05) is 49.4 Å². The molecule has 8 heteroatoms. The van der Waals surface area contributed by atoms with Crippen molar-refractivity contribution in [1.29, 1.82) is 0 Å². The van der Waals surface area contributed by atoms with Gasteiger partial charge in [-0.05, 0) is 63.4 Å². The lowest BCUT2D eigenvalue weighted by Gasteiger charge is -2.34. The van der Waals surface area contributed by atoms with Crippen LogP contribution in [0.1, 0.15) is 41.4 Å². The van der Waals surface area contributed by atoms with Crippen molar-refractivity contribution in [3.8, 4) is 0 Å². The van der Waals surface area contributed by atoms with Gasteiger partial charge in [-0.15, -0.1) is 0 Å². The number of halogens is 1. The Kier molecular flexibility index (Phi) is 7.39. The zero-order valence-corrected chi connectivity index (χ0v) is 20.5. The summed E-state index contributed by atoms with van der Waals surface area (Å²) in [5, 5.41) is 1.68. The van der Waals surface area contributed by atoms with Gasteiger partial charge in [-0.2, -0.15) is 0 Å². The summed E-state index contributed by atoms with van der Waals surface area (Å²) in [5.41, 5.74) is 3.60. The van der Waals surface area contributed by atoms with Crippen molar-refractivity contribution in [3.63, 3.8) is 0 Å². The number of piperazine rings is 1. The van der Waals surface area contributed by atoms with E-state index < -0.39 is 0 Å². The number of carbonyl (C=O) groups excluding carboxylic acids is 2. The minimum atomic E-state index is -0.300. The number of fused-ring (bicyclic) bond motifs is 2. The molecule has 1 saturated heterocycles. The Morgan fingerprint density at radius 3 is 2.61 bits per heavy atom. The lowest BCUT2D eigenvalue weighted by molar-refractivity contribution is 0.0560. The second-order valence-corrected chi connectivity index (χ2v) is 9.73. The number of carbonyl (C=O) groups is 2. The number of rotatable bonds is 5. The summed E-state index contributed by atoms with van der Waals surface area (Å²) in [5.74, 6) is 0.545. The number of nitrogens with zero attached hydrogens (tertiary/aromatic N) is 4. The van der Waals surface area contributed by atoms with Crippen LogP contribution in [0.15, 0.2) is 18.2 Å². The lowest BCUT2D eigenvalue weighted by Crippen LogP contribution is -2.50. The van der Waals surface area contributed by atoms with Gasteiger partial charge in [0.15, 0.2) is 0 Å². The third kappa shape index (κ3) is 5.25. The summed E-state index contributed by atoms with van der Waals surface area (Å²) in [6.07, 6.45) is 3.46. The first-order valence-electron chi connectivity index (χ1n) is 11.8. The standard InChI is InChI=1S/C25H33ClN4O3/c1-4-13-33-25(32)30-11-9-29(10-12-30)24(31)18-6-7-19-22(15-18)27-21-8-5-17(16-28(2)3)14-20(21)23(19)26/h6-7,15,17H,4-5,8-14,16H2,1-3H3. The van der Waals surface area contributed by atoms with Crippen LogP contribution in [0.5, 0.6) is 0 Å². The summed E-state index contributed by atoms with van der Waals surface area (Å²) in [6, 6.07) is 5.62. The van der Waals surface area contributed by atoms with Gasteiger partial charge >= 0.3 is 6.09 Å². The zero-order valence-electron chi connectivity index (χ0n) is 19.8. The highest BCUT2D eigenvalue weighted by atomic mass is 35.5. The van der Waals surface area contributed by atoms with Gasteiger partial charge in [-0.3, -0.25) is 9.78 Å². The van der Waals surface area contributed by atoms with Gasteiger partial charge in [0.05, 0.1) is 17.1 Å². The molecule has 1 aliphatic heterocycles. The number of benzene rings is 1. The highest BCUT2D eigenvalue weighted by Crippen LogP contribution is 2.35. The molecule has 0 spiro atoms.